The van der Waals surface area contributed by atoms with E-state index in [1.807, 2.05) is 0 Å². The van der Waals surface area contributed by atoms with Gasteiger partial charge >= 0.3 is 0 Å². The lowest BCUT2D eigenvalue weighted by molar-refractivity contribution is 0.408. The Hall–Kier alpha value is 0.560. The molecular formula is C2H4OP2. The van der Waals surface area contributed by atoms with Gasteiger partial charge in [-0.3, -0.25) is 0 Å². The third-order valence-corrected chi connectivity index (χ3v) is 2.49. The third kappa shape index (κ3) is 0.967. The van der Waals surface area contributed by atoms with Crippen molar-refractivity contribution in [3.8, 4) is 0 Å². The van der Waals surface area contributed by atoms with Crippen molar-refractivity contribution >= 4 is 16.0 Å². The highest BCUT2D eigenvalue weighted by molar-refractivity contribution is 7.81. The van der Waals surface area contributed by atoms with Crippen molar-refractivity contribution in [2.75, 3.05) is 12.8 Å². The van der Waals surface area contributed by atoms with Gasteiger partial charge in [0.2, 0.25) is 0 Å². The highest BCUT2D eigenvalue weighted by atomic mass is 31.7. The van der Waals surface area contributed by atoms with Crippen molar-refractivity contribution in [2.24, 2.45) is 0 Å². The molecule has 0 spiro atoms. The summed E-state index contributed by atoms with van der Waals surface area (Å²) in [4.78, 5) is 0. The minimum atomic E-state index is 0.975. The van der Waals surface area contributed by atoms with Gasteiger partial charge in [0.15, 0.2) is 0 Å². The number of hydrogen-bond donors (Lipinski definition) is 0. The molecule has 28 valence electrons. The molecule has 0 radical (unpaired) electrons. The average molecular weight is 106 g/mol. The molecule has 0 saturated carbocycles. The zero-order valence-corrected chi connectivity index (χ0v) is 4.51. The van der Waals surface area contributed by atoms with Gasteiger partial charge in [0, 0.05) is 6.16 Å². The van der Waals surface area contributed by atoms with Crippen LogP contribution in [0.4, 0.5) is 0 Å². The van der Waals surface area contributed by atoms with E-state index in [0.29, 0.717) is 0 Å². The van der Waals surface area contributed by atoms with Crippen molar-refractivity contribution in [3.05, 3.63) is 0 Å². The van der Waals surface area contributed by atoms with Crippen molar-refractivity contribution in [1.29, 1.82) is 0 Å². The van der Waals surface area contributed by atoms with E-state index in [4.69, 9.17) is 4.52 Å². The molecule has 0 amide bonds. The maximum Gasteiger partial charge on any atom is 0.0835 e. The average Bonchev–Trinajstić information content (AvgIpc) is 1.76. The molecular weight excluding hydrogens is 102 g/mol. The van der Waals surface area contributed by atoms with Crippen molar-refractivity contribution in [2.45, 2.75) is 0 Å². The van der Waals surface area contributed by atoms with E-state index in [0.717, 1.165) is 14.7 Å². The summed E-state index contributed by atoms with van der Waals surface area (Å²) < 4.78 is 4.90. The fourth-order valence-corrected chi connectivity index (χ4v) is 1.84. The van der Waals surface area contributed by atoms with Crippen LogP contribution in [0.25, 0.3) is 0 Å². The van der Waals surface area contributed by atoms with E-state index in [1.165, 1.54) is 14.0 Å². The van der Waals surface area contributed by atoms with Crippen LogP contribution in [-0.4, -0.2) is 12.8 Å². The van der Waals surface area contributed by atoms with Crippen LogP contribution in [-0.2, 0) is 4.52 Å². The van der Waals surface area contributed by atoms with E-state index in [9.17, 15) is 0 Å². The summed E-state index contributed by atoms with van der Waals surface area (Å²) in [5.41, 5.74) is 0. The molecule has 3 heteroatoms. The van der Waals surface area contributed by atoms with Gasteiger partial charge in [-0.25, -0.2) is 0 Å². The van der Waals surface area contributed by atoms with Gasteiger partial charge in [-0.05, 0) is 7.87 Å². The van der Waals surface area contributed by atoms with Gasteiger partial charge in [0.05, 0.1) is 14.7 Å². The molecule has 1 heterocycles. The quantitative estimate of drug-likeness (QED) is 0.427. The lowest BCUT2D eigenvalue weighted by Gasteiger charge is -1.72. The molecule has 0 aromatic heterocycles. The Balaban J connectivity index is 2.32. The van der Waals surface area contributed by atoms with E-state index < -0.39 is 0 Å². The monoisotopic (exact) mass is 106 g/mol. The first kappa shape index (κ1) is 3.74. The van der Waals surface area contributed by atoms with Crippen LogP contribution in [0.3, 0.4) is 0 Å². The number of hydrogen-bond acceptors (Lipinski definition) is 1. The van der Waals surface area contributed by atoms with Gasteiger partial charge in [0.25, 0.3) is 0 Å². The SMILES string of the molecule is C1CP=PO1. The first-order chi connectivity index (χ1) is 2.50. The minimum Gasteiger partial charge on any atom is -0.322 e. The van der Waals surface area contributed by atoms with Gasteiger partial charge in [0.1, 0.15) is 0 Å². The molecule has 0 aromatic rings. The summed E-state index contributed by atoms with van der Waals surface area (Å²) in [6.07, 6.45) is 1.24. The fourth-order valence-electron chi connectivity index (χ4n) is 0.204. The molecule has 0 fully saturated rings. The summed E-state index contributed by atoms with van der Waals surface area (Å²) in [7, 11) is 2.60. The molecule has 1 aliphatic heterocycles. The van der Waals surface area contributed by atoms with Crippen LogP contribution < -0.4 is 0 Å². The second-order valence-corrected chi connectivity index (χ2v) is 3.27. The topological polar surface area (TPSA) is 9.23 Å². The Morgan fingerprint density at radius 2 is 2.60 bits per heavy atom. The lowest BCUT2D eigenvalue weighted by atomic mass is 10.9. The molecule has 0 atom stereocenters. The third-order valence-electron chi connectivity index (χ3n) is 0.398. The molecule has 1 nitrogen and oxygen atoms in total. The van der Waals surface area contributed by atoms with Crippen LogP contribution in [0.15, 0.2) is 0 Å². The summed E-state index contributed by atoms with van der Waals surface area (Å²) in [6.45, 7) is 0.975. The first-order valence-electron chi connectivity index (χ1n) is 1.49. The Bertz CT molecular complexity index is 45.6. The smallest absolute Gasteiger partial charge is 0.0835 e. The highest BCUT2D eigenvalue weighted by Gasteiger charge is 1.86. The highest BCUT2D eigenvalue weighted by Crippen LogP contribution is 2.22. The molecule has 0 aliphatic carbocycles. The second-order valence-electron chi connectivity index (χ2n) is 0.780. The van der Waals surface area contributed by atoms with E-state index in [2.05, 4.69) is 0 Å². The van der Waals surface area contributed by atoms with Gasteiger partial charge in [-0.2, -0.15) is 0 Å². The molecule has 0 N–H and O–H groups in total. The van der Waals surface area contributed by atoms with E-state index in [-0.39, 0.29) is 0 Å². The van der Waals surface area contributed by atoms with Crippen LogP contribution in [0, 0.1) is 0 Å². The fraction of sp³-hybridized carbons (Fsp3) is 1.00. The molecule has 5 heavy (non-hydrogen) atoms. The van der Waals surface area contributed by atoms with Crippen LogP contribution in [0.2, 0.25) is 0 Å². The molecule has 1 rings (SSSR count). The van der Waals surface area contributed by atoms with E-state index >= 15 is 0 Å². The van der Waals surface area contributed by atoms with Crippen molar-refractivity contribution in [1.82, 2.24) is 0 Å². The molecule has 0 unspecified atom stereocenters. The Morgan fingerprint density at radius 3 is 2.80 bits per heavy atom. The first-order valence-corrected chi connectivity index (χ1v) is 4.09. The maximum absolute atomic E-state index is 4.90. The Kier molecular flexibility index (Phi) is 1.40. The minimum absolute atomic E-state index is 0.975. The predicted octanol–water partition coefficient (Wildman–Crippen LogP) is 1.74. The molecule has 0 bridgehead atoms. The largest absolute Gasteiger partial charge is 0.322 e. The van der Waals surface area contributed by atoms with Gasteiger partial charge < -0.3 is 4.52 Å². The van der Waals surface area contributed by atoms with Crippen molar-refractivity contribution in [3.63, 3.8) is 0 Å². The normalized spacial score (nSPS) is 27.2. The maximum atomic E-state index is 4.90. The van der Waals surface area contributed by atoms with Crippen LogP contribution >= 0.6 is 16.0 Å². The van der Waals surface area contributed by atoms with Crippen LogP contribution in [0.5, 0.6) is 0 Å². The van der Waals surface area contributed by atoms with Crippen molar-refractivity contribution < 1.29 is 4.52 Å². The van der Waals surface area contributed by atoms with Gasteiger partial charge in [-0.1, -0.05) is 0 Å². The summed E-state index contributed by atoms with van der Waals surface area (Å²) >= 11 is 0. The second kappa shape index (κ2) is 1.87. The standard InChI is InChI=1S/C2H4OP2/c1-2-4-5-3-1/h1-2H2. The summed E-state index contributed by atoms with van der Waals surface area (Å²) in [5, 5.41) is 0. The summed E-state index contributed by atoms with van der Waals surface area (Å²) in [5.74, 6) is 0. The van der Waals surface area contributed by atoms with Gasteiger partial charge in [-0.15, -0.1) is 0 Å². The lowest BCUT2D eigenvalue weighted by Crippen LogP contribution is -1.74. The molecule has 0 saturated heterocycles. The predicted molar refractivity (Wildman–Crippen MR) is 24.7 cm³/mol. The van der Waals surface area contributed by atoms with Crippen LogP contribution in [0.1, 0.15) is 0 Å². The number of rotatable bonds is 0. The Labute approximate surface area is 34.2 Å². The summed E-state index contributed by atoms with van der Waals surface area (Å²) in [6, 6.07) is 0. The Morgan fingerprint density at radius 1 is 1.60 bits per heavy atom. The van der Waals surface area contributed by atoms with E-state index in [1.54, 1.807) is 0 Å². The molecule has 0 aromatic carbocycles. The molecule has 1 aliphatic rings. The zero-order chi connectivity index (χ0) is 3.54. The zero-order valence-electron chi connectivity index (χ0n) is 2.72.